The molecular formula is C25H20ClNO6S2. The van der Waals surface area contributed by atoms with Crippen molar-refractivity contribution in [3.8, 4) is 11.5 Å². The minimum atomic E-state index is -4.12. The highest BCUT2D eigenvalue weighted by molar-refractivity contribution is 8.18. The second kappa shape index (κ2) is 10.2. The van der Waals surface area contributed by atoms with Crippen LogP contribution >= 0.6 is 23.4 Å². The first-order valence-electron chi connectivity index (χ1n) is 10.4. The Morgan fingerprint density at radius 3 is 2.31 bits per heavy atom. The van der Waals surface area contributed by atoms with Gasteiger partial charge in [0.15, 0.2) is 11.5 Å². The maximum atomic E-state index is 12.9. The fourth-order valence-corrected chi connectivity index (χ4v) is 5.18. The number of thioether (sulfide) groups is 1. The third-order valence-corrected chi connectivity index (χ3v) is 7.53. The van der Waals surface area contributed by atoms with Crippen LogP contribution in [-0.2, 0) is 21.5 Å². The lowest BCUT2D eigenvalue weighted by Gasteiger charge is -2.12. The van der Waals surface area contributed by atoms with Crippen molar-refractivity contribution in [3.63, 3.8) is 0 Å². The molecule has 2 amide bonds. The van der Waals surface area contributed by atoms with Crippen molar-refractivity contribution < 1.29 is 26.9 Å². The SMILES string of the molecule is COc1ccc(/C=C2\SC(=O)N(Cc3ccc(Cl)cc3)C2=O)cc1OS(=O)(=O)c1ccc(C)cc1. The average molecular weight is 530 g/mol. The van der Waals surface area contributed by atoms with E-state index in [0.717, 1.165) is 27.8 Å². The van der Waals surface area contributed by atoms with Crippen molar-refractivity contribution in [2.24, 2.45) is 0 Å². The van der Waals surface area contributed by atoms with Crippen LogP contribution in [0.5, 0.6) is 11.5 Å². The van der Waals surface area contributed by atoms with Gasteiger partial charge < -0.3 is 8.92 Å². The number of methoxy groups -OCH3 is 1. The van der Waals surface area contributed by atoms with Gasteiger partial charge in [0, 0.05) is 5.02 Å². The van der Waals surface area contributed by atoms with E-state index >= 15 is 0 Å². The van der Waals surface area contributed by atoms with Crippen LogP contribution < -0.4 is 8.92 Å². The summed E-state index contributed by atoms with van der Waals surface area (Å²) < 4.78 is 36.1. The molecule has 3 aromatic carbocycles. The van der Waals surface area contributed by atoms with Crippen LogP contribution in [-0.4, -0.2) is 31.6 Å². The van der Waals surface area contributed by atoms with Crippen LogP contribution in [0.2, 0.25) is 5.02 Å². The highest BCUT2D eigenvalue weighted by Gasteiger charge is 2.35. The average Bonchev–Trinajstić information content (AvgIpc) is 3.08. The van der Waals surface area contributed by atoms with Crippen molar-refractivity contribution in [2.45, 2.75) is 18.4 Å². The molecule has 7 nitrogen and oxygen atoms in total. The summed E-state index contributed by atoms with van der Waals surface area (Å²) in [5, 5.41) is 0.160. The van der Waals surface area contributed by atoms with Crippen molar-refractivity contribution in [2.75, 3.05) is 7.11 Å². The zero-order valence-corrected chi connectivity index (χ0v) is 21.1. The molecule has 180 valence electrons. The maximum absolute atomic E-state index is 12.9. The molecule has 0 saturated carbocycles. The monoisotopic (exact) mass is 529 g/mol. The van der Waals surface area contributed by atoms with Gasteiger partial charge in [-0.2, -0.15) is 8.42 Å². The Morgan fingerprint density at radius 2 is 1.66 bits per heavy atom. The van der Waals surface area contributed by atoms with Gasteiger partial charge in [-0.25, -0.2) is 0 Å². The molecule has 10 heteroatoms. The van der Waals surface area contributed by atoms with Crippen molar-refractivity contribution in [3.05, 3.63) is 93.3 Å². The number of imide groups is 1. The second-order valence-electron chi connectivity index (χ2n) is 7.66. The van der Waals surface area contributed by atoms with E-state index in [4.69, 9.17) is 20.5 Å². The third kappa shape index (κ3) is 5.70. The topological polar surface area (TPSA) is 90.0 Å². The van der Waals surface area contributed by atoms with E-state index < -0.39 is 21.3 Å². The molecule has 4 rings (SSSR count). The quantitative estimate of drug-likeness (QED) is 0.288. The maximum Gasteiger partial charge on any atom is 0.339 e. The molecule has 0 radical (unpaired) electrons. The molecule has 0 aromatic heterocycles. The highest BCUT2D eigenvalue weighted by Crippen LogP contribution is 2.36. The zero-order chi connectivity index (χ0) is 25.2. The summed E-state index contributed by atoms with van der Waals surface area (Å²) in [7, 11) is -2.73. The number of hydrogen-bond donors (Lipinski definition) is 0. The Labute approximate surface area is 212 Å². The molecule has 0 atom stereocenters. The zero-order valence-electron chi connectivity index (χ0n) is 18.7. The molecule has 1 fully saturated rings. The third-order valence-electron chi connectivity index (χ3n) is 5.12. The Hall–Kier alpha value is -3.27. The predicted octanol–water partition coefficient (Wildman–Crippen LogP) is 5.66. The van der Waals surface area contributed by atoms with Gasteiger partial charge in [0.2, 0.25) is 0 Å². The van der Waals surface area contributed by atoms with E-state index in [1.165, 1.54) is 37.5 Å². The number of halogens is 1. The molecule has 0 bridgehead atoms. The summed E-state index contributed by atoms with van der Waals surface area (Å²) in [6.07, 6.45) is 1.51. The number of carbonyl (C=O) groups is 2. The first-order chi connectivity index (χ1) is 16.7. The van der Waals surface area contributed by atoms with E-state index in [2.05, 4.69) is 0 Å². The van der Waals surface area contributed by atoms with Gasteiger partial charge in [0.25, 0.3) is 11.1 Å². The fraction of sp³-hybridized carbons (Fsp3) is 0.120. The summed E-state index contributed by atoms with van der Waals surface area (Å²) in [6, 6.07) is 17.7. The lowest BCUT2D eigenvalue weighted by molar-refractivity contribution is -0.123. The molecule has 1 saturated heterocycles. The van der Waals surface area contributed by atoms with Crippen LogP contribution in [0.15, 0.2) is 76.5 Å². The number of carbonyl (C=O) groups excluding carboxylic acids is 2. The second-order valence-corrected chi connectivity index (χ2v) is 10.6. The van der Waals surface area contributed by atoms with Crippen LogP contribution in [0, 0.1) is 6.92 Å². The summed E-state index contributed by atoms with van der Waals surface area (Å²) in [5.41, 5.74) is 2.14. The van der Waals surface area contributed by atoms with Crippen LogP contribution in [0.4, 0.5) is 4.79 Å². The summed E-state index contributed by atoms with van der Waals surface area (Å²) >= 11 is 6.71. The van der Waals surface area contributed by atoms with Gasteiger partial charge in [0.1, 0.15) is 4.90 Å². The summed E-state index contributed by atoms with van der Waals surface area (Å²) in [5.74, 6) is -0.281. The molecule has 0 unspecified atom stereocenters. The minimum absolute atomic E-state index is 0.00104. The Morgan fingerprint density at radius 1 is 0.971 bits per heavy atom. The van der Waals surface area contributed by atoms with E-state index in [1.807, 2.05) is 6.92 Å². The normalized spacial score (nSPS) is 15.1. The van der Waals surface area contributed by atoms with E-state index in [9.17, 15) is 18.0 Å². The minimum Gasteiger partial charge on any atom is -0.493 e. The first kappa shape index (κ1) is 24.8. The van der Waals surface area contributed by atoms with Crippen LogP contribution in [0.25, 0.3) is 6.08 Å². The molecule has 1 aliphatic rings. The Bertz CT molecular complexity index is 1420. The number of nitrogens with zero attached hydrogens (tertiary/aromatic N) is 1. The molecule has 35 heavy (non-hydrogen) atoms. The molecule has 0 N–H and O–H groups in total. The van der Waals surface area contributed by atoms with Crippen LogP contribution in [0.1, 0.15) is 16.7 Å². The van der Waals surface area contributed by atoms with Crippen molar-refractivity contribution in [1.82, 2.24) is 4.90 Å². The Balaban J connectivity index is 1.58. The number of aryl methyl sites for hydroxylation is 1. The number of amides is 2. The number of benzene rings is 3. The molecule has 1 heterocycles. The largest absolute Gasteiger partial charge is 0.493 e. The van der Waals surface area contributed by atoms with E-state index in [0.29, 0.717) is 10.6 Å². The van der Waals surface area contributed by atoms with Gasteiger partial charge >= 0.3 is 10.1 Å². The van der Waals surface area contributed by atoms with E-state index in [-0.39, 0.29) is 27.8 Å². The van der Waals surface area contributed by atoms with Gasteiger partial charge in [-0.05, 0) is 72.3 Å². The lowest BCUT2D eigenvalue weighted by atomic mass is 10.1. The molecule has 0 spiro atoms. The Kier molecular flexibility index (Phi) is 7.20. The van der Waals surface area contributed by atoms with Gasteiger partial charge in [-0.3, -0.25) is 14.5 Å². The molecule has 0 aliphatic carbocycles. The fourth-order valence-electron chi connectivity index (χ4n) is 3.28. The van der Waals surface area contributed by atoms with Crippen molar-refractivity contribution >= 4 is 50.7 Å². The number of rotatable bonds is 7. The van der Waals surface area contributed by atoms with E-state index in [1.54, 1.807) is 42.5 Å². The predicted molar refractivity (Wildman–Crippen MR) is 135 cm³/mol. The van der Waals surface area contributed by atoms with Crippen molar-refractivity contribution in [1.29, 1.82) is 0 Å². The van der Waals surface area contributed by atoms with Gasteiger partial charge in [-0.1, -0.05) is 47.5 Å². The molecular weight excluding hydrogens is 510 g/mol. The number of ether oxygens (including phenoxy) is 1. The number of hydrogen-bond acceptors (Lipinski definition) is 7. The standard InChI is InChI=1S/C25H20ClNO6S2/c1-16-3-10-20(11-4-16)35(30,31)33-22-13-18(7-12-21(22)32-2)14-23-24(28)27(25(29)34-23)15-17-5-8-19(26)9-6-17/h3-14H,15H2,1-2H3/b23-14-. The smallest absolute Gasteiger partial charge is 0.339 e. The summed E-state index contributed by atoms with van der Waals surface area (Å²) in [6.45, 7) is 1.96. The van der Waals surface area contributed by atoms with Gasteiger partial charge in [-0.15, -0.1) is 0 Å². The van der Waals surface area contributed by atoms with Gasteiger partial charge in [0.05, 0.1) is 18.6 Å². The first-order valence-corrected chi connectivity index (χ1v) is 13.0. The molecule has 3 aromatic rings. The van der Waals surface area contributed by atoms with Crippen LogP contribution in [0.3, 0.4) is 0 Å². The lowest BCUT2D eigenvalue weighted by Crippen LogP contribution is -2.27. The highest BCUT2D eigenvalue weighted by atomic mass is 35.5. The molecule has 1 aliphatic heterocycles. The summed E-state index contributed by atoms with van der Waals surface area (Å²) in [4.78, 5) is 26.7.